The zero-order chi connectivity index (χ0) is 14.1. The summed E-state index contributed by atoms with van der Waals surface area (Å²) < 4.78 is 5.07. The van der Waals surface area contributed by atoms with Crippen molar-refractivity contribution in [2.75, 3.05) is 20.3 Å². The molecule has 0 aliphatic heterocycles. The minimum atomic E-state index is -0.0141. The lowest BCUT2D eigenvalue weighted by Crippen LogP contribution is -2.38. The first-order valence-electron chi connectivity index (χ1n) is 7.16. The topological polar surface area (TPSA) is 41.5 Å². The van der Waals surface area contributed by atoms with Gasteiger partial charge in [-0.05, 0) is 30.9 Å². The first-order valence-corrected chi connectivity index (χ1v) is 7.16. The van der Waals surface area contributed by atoms with Gasteiger partial charge >= 0.3 is 0 Å². The fourth-order valence-corrected chi connectivity index (χ4v) is 2.16. The van der Waals surface area contributed by atoms with Crippen molar-refractivity contribution < 1.29 is 9.84 Å². The third kappa shape index (κ3) is 5.72. The van der Waals surface area contributed by atoms with Crippen molar-refractivity contribution in [1.82, 2.24) is 5.32 Å². The predicted molar refractivity (Wildman–Crippen MR) is 79.4 cm³/mol. The van der Waals surface area contributed by atoms with Crippen LogP contribution < -0.4 is 5.32 Å². The molecule has 0 aliphatic rings. The summed E-state index contributed by atoms with van der Waals surface area (Å²) in [4.78, 5) is 0. The zero-order valence-corrected chi connectivity index (χ0v) is 12.4. The Morgan fingerprint density at radius 2 is 1.95 bits per heavy atom. The molecule has 2 unspecified atom stereocenters. The summed E-state index contributed by atoms with van der Waals surface area (Å²) in [6.07, 6.45) is 3.63. The largest absolute Gasteiger partial charge is 0.395 e. The van der Waals surface area contributed by atoms with Crippen LogP contribution in [0.1, 0.15) is 43.9 Å². The monoisotopic (exact) mass is 265 g/mol. The number of unbranched alkanes of at least 4 members (excludes halogenated alkanes) is 1. The molecule has 2 N–H and O–H groups in total. The van der Waals surface area contributed by atoms with Crippen LogP contribution >= 0.6 is 0 Å². The van der Waals surface area contributed by atoms with E-state index >= 15 is 0 Å². The number of rotatable bonds is 9. The molecule has 0 heterocycles. The maximum absolute atomic E-state index is 9.25. The molecule has 0 fully saturated rings. The standard InChI is InChI=1S/C16H27NO2/c1-4-5-6-14-7-9-15(10-8-14)13(2)17-16(11-18)12-19-3/h7-10,13,16-18H,4-6,11-12H2,1-3H3. The Hall–Kier alpha value is -0.900. The predicted octanol–water partition coefficient (Wildman–Crippen LogP) is 2.69. The molecule has 0 saturated heterocycles. The Balaban J connectivity index is 2.54. The van der Waals surface area contributed by atoms with Crippen LogP contribution in [0.15, 0.2) is 24.3 Å². The van der Waals surface area contributed by atoms with Gasteiger partial charge in [-0.2, -0.15) is 0 Å². The van der Waals surface area contributed by atoms with Crippen LogP contribution in [0, 0.1) is 0 Å². The number of aryl methyl sites for hydroxylation is 1. The molecule has 0 amide bonds. The van der Waals surface area contributed by atoms with Gasteiger partial charge in [0, 0.05) is 13.2 Å². The van der Waals surface area contributed by atoms with E-state index in [0.29, 0.717) is 6.61 Å². The molecule has 19 heavy (non-hydrogen) atoms. The minimum Gasteiger partial charge on any atom is -0.395 e. The highest BCUT2D eigenvalue weighted by atomic mass is 16.5. The van der Waals surface area contributed by atoms with Gasteiger partial charge in [-0.25, -0.2) is 0 Å². The van der Waals surface area contributed by atoms with Gasteiger partial charge in [0.2, 0.25) is 0 Å². The maximum Gasteiger partial charge on any atom is 0.0638 e. The Labute approximate surface area is 117 Å². The molecule has 0 radical (unpaired) electrons. The van der Waals surface area contributed by atoms with Crippen LogP contribution in [0.25, 0.3) is 0 Å². The zero-order valence-electron chi connectivity index (χ0n) is 12.4. The third-order valence-electron chi connectivity index (χ3n) is 3.37. The van der Waals surface area contributed by atoms with Gasteiger partial charge in [-0.3, -0.25) is 0 Å². The SMILES string of the molecule is CCCCc1ccc(C(C)NC(CO)COC)cc1. The van der Waals surface area contributed by atoms with Crippen LogP contribution in [0.4, 0.5) is 0 Å². The van der Waals surface area contributed by atoms with Crippen LogP contribution in [0.5, 0.6) is 0 Å². The average Bonchev–Trinajstić information content (AvgIpc) is 2.45. The second kappa shape index (κ2) is 9.08. The van der Waals surface area contributed by atoms with Crippen LogP contribution in [0.3, 0.4) is 0 Å². The lowest BCUT2D eigenvalue weighted by Gasteiger charge is -2.21. The van der Waals surface area contributed by atoms with Gasteiger partial charge in [-0.15, -0.1) is 0 Å². The van der Waals surface area contributed by atoms with Gasteiger partial charge in [-0.1, -0.05) is 37.6 Å². The number of methoxy groups -OCH3 is 1. The van der Waals surface area contributed by atoms with E-state index in [1.165, 1.54) is 24.0 Å². The number of hydrogen-bond acceptors (Lipinski definition) is 3. The van der Waals surface area contributed by atoms with Gasteiger partial charge in [0.1, 0.15) is 0 Å². The fourth-order valence-electron chi connectivity index (χ4n) is 2.16. The molecular formula is C16H27NO2. The van der Waals surface area contributed by atoms with Crippen LogP contribution in [0.2, 0.25) is 0 Å². The lowest BCUT2D eigenvalue weighted by molar-refractivity contribution is 0.123. The Morgan fingerprint density at radius 3 is 2.47 bits per heavy atom. The highest BCUT2D eigenvalue weighted by Gasteiger charge is 2.12. The summed E-state index contributed by atoms with van der Waals surface area (Å²) in [5.41, 5.74) is 2.64. The normalized spacial score (nSPS) is 14.3. The maximum atomic E-state index is 9.25. The molecule has 3 heteroatoms. The van der Waals surface area contributed by atoms with Crippen molar-refractivity contribution in [3.8, 4) is 0 Å². The molecule has 0 aliphatic carbocycles. The van der Waals surface area contributed by atoms with E-state index in [4.69, 9.17) is 4.74 Å². The van der Waals surface area contributed by atoms with Crippen molar-refractivity contribution in [1.29, 1.82) is 0 Å². The quantitative estimate of drug-likeness (QED) is 0.721. The number of ether oxygens (including phenoxy) is 1. The number of aliphatic hydroxyl groups is 1. The number of nitrogens with one attached hydrogen (secondary N) is 1. The van der Waals surface area contributed by atoms with Crippen molar-refractivity contribution in [2.45, 2.75) is 45.2 Å². The lowest BCUT2D eigenvalue weighted by atomic mass is 10.0. The Bertz CT molecular complexity index is 337. The van der Waals surface area contributed by atoms with E-state index in [9.17, 15) is 5.11 Å². The van der Waals surface area contributed by atoms with E-state index in [-0.39, 0.29) is 18.7 Å². The van der Waals surface area contributed by atoms with E-state index in [1.54, 1.807) is 7.11 Å². The average molecular weight is 265 g/mol. The number of hydrogen-bond donors (Lipinski definition) is 2. The van der Waals surface area contributed by atoms with Gasteiger partial charge in [0.25, 0.3) is 0 Å². The summed E-state index contributed by atoms with van der Waals surface area (Å²) in [6, 6.07) is 8.95. The Morgan fingerprint density at radius 1 is 1.26 bits per heavy atom. The fraction of sp³-hybridized carbons (Fsp3) is 0.625. The van der Waals surface area contributed by atoms with Gasteiger partial charge < -0.3 is 15.2 Å². The molecular weight excluding hydrogens is 238 g/mol. The Kier molecular flexibility index (Phi) is 7.72. The highest BCUT2D eigenvalue weighted by molar-refractivity contribution is 5.24. The first kappa shape index (κ1) is 16.2. The molecule has 0 aromatic heterocycles. The van der Waals surface area contributed by atoms with Crippen LogP contribution in [-0.2, 0) is 11.2 Å². The smallest absolute Gasteiger partial charge is 0.0638 e. The summed E-state index contributed by atoms with van der Waals surface area (Å²) in [5.74, 6) is 0. The summed E-state index contributed by atoms with van der Waals surface area (Å²) in [5, 5.41) is 12.6. The van der Waals surface area contributed by atoms with Gasteiger partial charge in [0.05, 0.1) is 19.3 Å². The number of benzene rings is 1. The second-order valence-corrected chi connectivity index (χ2v) is 5.07. The third-order valence-corrected chi connectivity index (χ3v) is 3.37. The van der Waals surface area contributed by atoms with Gasteiger partial charge in [0.15, 0.2) is 0 Å². The van der Waals surface area contributed by atoms with Crippen molar-refractivity contribution in [3.63, 3.8) is 0 Å². The second-order valence-electron chi connectivity index (χ2n) is 5.07. The van der Waals surface area contributed by atoms with E-state index in [1.807, 2.05) is 0 Å². The molecule has 2 atom stereocenters. The molecule has 0 bridgehead atoms. The molecule has 0 saturated carbocycles. The van der Waals surface area contributed by atoms with Crippen LogP contribution in [-0.4, -0.2) is 31.5 Å². The van der Waals surface area contributed by atoms with Crippen molar-refractivity contribution in [2.24, 2.45) is 0 Å². The summed E-state index contributed by atoms with van der Waals surface area (Å²) >= 11 is 0. The summed E-state index contributed by atoms with van der Waals surface area (Å²) in [7, 11) is 1.65. The van der Waals surface area contributed by atoms with Crippen molar-refractivity contribution >= 4 is 0 Å². The first-order chi connectivity index (χ1) is 9.21. The molecule has 0 spiro atoms. The molecule has 1 rings (SSSR count). The van der Waals surface area contributed by atoms with E-state index in [0.717, 1.165) is 6.42 Å². The highest BCUT2D eigenvalue weighted by Crippen LogP contribution is 2.15. The summed E-state index contributed by atoms with van der Waals surface area (Å²) in [6.45, 7) is 4.94. The number of aliphatic hydroxyl groups excluding tert-OH is 1. The molecule has 3 nitrogen and oxygen atoms in total. The molecule has 1 aromatic carbocycles. The van der Waals surface area contributed by atoms with Crippen molar-refractivity contribution in [3.05, 3.63) is 35.4 Å². The molecule has 1 aromatic rings. The molecule has 108 valence electrons. The van der Waals surface area contributed by atoms with E-state index in [2.05, 4.69) is 43.4 Å². The minimum absolute atomic E-state index is 0.0141. The van der Waals surface area contributed by atoms with E-state index < -0.39 is 0 Å².